The van der Waals surface area contributed by atoms with Crippen molar-refractivity contribution < 1.29 is 20.1 Å². The Labute approximate surface area is 278 Å². The van der Waals surface area contributed by atoms with Gasteiger partial charge in [-0.05, 0) is 132 Å². The lowest BCUT2D eigenvalue weighted by Crippen LogP contribution is -2.65. The Morgan fingerprint density at radius 3 is 2.22 bits per heavy atom. The molecule has 4 fully saturated rings. The van der Waals surface area contributed by atoms with E-state index in [1.807, 2.05) is 12.1 Å². The predicted molar refractivity (Wildman–Crippen MR) is 186 cm³/mol. The van der Waals surface area contributed by atoms with Crippen LogP contribution in [-0.4, -0.2) is 72.1 Å². The number of carboxylic acids is 1. The van der Waals surface area contributed by atoms with E-state index in [1.54, 1.807) is 12.1 Å². The normalized spacial score (nSPS) is 39.6. The molecule has 6 heteroatoms. The molecule has 5 aliphatic rings. The summed E-state index contributed by atoms with van der Waals surface area (Å²) in [6.45, 7) is 17.5. The monoisotopic (exact) mass is 634 g/mol. The fourth-order valence-corrected chi connectivity index (χ4v) is 13.1. The molecule has 0 spiro atoms. The van der Waals surface area contributed by atoms with Crippen LogP contribution in [0.15, 0.2) is 30.3 Å². The van der Waals surface area contributed by atoms with Crippen LogP contribution in [0.25, 0.3) is 5.57 Å². The van der Waals surface area contributed by atoms with Crippen molar-refractivity contribution >= 4 is 11.5 Å². The van der Waals surface area contributed by atoms with E-state index in [-0.39, 0.29) is 24.0 Å². The minimum Gasteiger partial charge on any atom is -0.478 e. The highest BCUT2D eigenvalue weighted by Gasteiger charge is 2.69. The molecule has 6 rings (SSSR count). The van der Waals surface area contributed by atoms with Crippen LogP contribution in [0.2, 0.25) is 0 Å². The second kappa shape index (κ2) is 12.6. The van der Waals surface area contributed by atoms with Crippen molar-refractivity contribution in [1.82, 2.24) is 10.2 Å². The Hall–Kier alpha value is -1.73. The van der Waals surface area contributed by atoms with Crippen LogP contribution in [0.3, 0.4) is 0 Å². The maximum atomic E-state index is 11.5. The van der Waals surface area contributed by atoms with Gasteiger partial charge in [-0.15, -0.1) is 0 Å². The fourth-order valence-electron chi connectivity index (χ4n) is 13.1. The number of aliphatic hydroxyl groups excluding tert-OH is 2. The number of rotatable bonds is 11. The molecule has 8 atom stereocenters. The Kier molecular flexibility index (Phi) is 9.37. The summed E-state index contributed by atoms with van der Waals surface area (Å²) in [4.78, 5) is 13.7. The number of benzene rings is 1. The highest BCUT2D eigenvalue weighted by Crippen LogP contribution is 2.77. The number of allylic oxidation sites excluding steroid dienone is 2. The van der Waals surface area contributed by atoms with Gasteiger partial charge in [0.2, 0.25) is 0 Å². The number of hydrogen-bond donors (Lipinski definition) is 4. The summed E-state index contributed by atoms with van der Waals surface area (Å²) in [5.41, 5.74) is 4.42. The summed E-state index contributed by atoms with van der Waals surface area (Å²) in [6, 6.07) is 7.61. The molecule has 6 nitrogen and oxygen atoms in total. The molecule has 1 aromatic carbocycles. The molecule has 0 saturated heterocycles. The second-order valence-electron chi connectivity index (χ2n) is 17.4. The van der Waals surface area contributed by atoms with Gasteiger partial charge in [-0.1, -0.05) is 59.2 Å². The van der Waals surface area contributed by atoms with Crippen molar-refractivity contribution in [2.45, 2.75) is 98.8 Å². The van der Waals surface area contributed by atoms with E-state index in [0.717, 1.165) is 43.8 Å². The number of carbonyl (C=O) groups is 1. The molecule has 4 N–H and O–H groups in total. The Morgan fingerprint density at radius 1 is 0.826 bits per heavy atom. The number of nitrogens with zero attached hydrogens (tertiary/aromatic N) is 1. The number of carboxylic acid groups (broad SMARTS) is 1. The van der Waals surface area contributed by atoms with E-state index < -0.39 is 5.97 Å². The van der Waals surface area contributed by atoms with Gasteiger partial charge in [0.15, 0.2) is 0 Å². The van der Waals surface area contributed by atoms with Gasteiger partial charge >= 0.3 is 5.97 Å². The average Bonchev–Trinajstić information content (AvgIpc) is 3.44. The predicted octanol–water partition coefficient (Wildman–Crippen LogP) is 7.11. The van der Waals surface area contributed by atoms with Crippen molar-refractivity contribution in [1.29, 1.82) is 0 Å². The van der Waals surface area contributed by atoms with Crippen LogP contribution in [0, 0.1) is 50.7 Å². The first kappa shape index (κ1) is 34.1. The summed E-state index contributed by atoms with van der Waals surface area (Å²) in [6.07, 6.45) is 15.8. The first-order valence-corrected chi connectivity index (χ1v) is 18.6. The molecule has 0 aliphatic heterocycles. The zero-order valence-electron chi connectivity index (χ0n) is 29.4. The lowest BCUT2D eigenvalue weighted by atomic mass is 9.32. The zero-order valence-corrected chi connectivity index (χ0v) is 29.4. The summed E-state index contributed by atoms with van der Waals surface area (Å²) in [7, 11) is 0. The van der Waals surface area contributed by atoms with Gasteiger partial charge in [-0.3, -0.25) is 4.90 Å². The summed E-state index contributed by atoms with van der Waals surface area (Å²) < 4.78 is 0. The van der Waals surface area contributed by atoms with E-state index >= 15 is 0 Å². The fraction of sp³-hybridized carbons (Fsp3) is 0.775. The topological polar surface area (TPSA) is 93.0 Å². The van der Waals surface area contributed by atoms with Gasteiger partial charge in [-0.2, -0.15) is 0 Å². The van der Waals surface area contributed by atoms with Crippen LogP contribution in [0.1, 0.15) is 115 Å². The van der Waals surface area contributed by atoms with Crippen LogP contribution in [0.5, 0.6) is 0 Å². The van der Waals surface area contributed by atoms with E-state index in [9.17, 15) is 20.1 Å². The Balaban J connectivity index is 1.20. The maximum Gasteiger partial charge on any atom is 0.335 e. The van der Waals surface area contributed by atoms with Crippen LogP contribution in [-0.2, 0) is 0 Å². The first-order chi connectivity index (χ1) is 21.9. The smallest absolute Gasteiger partial charge is 0.335 e. The van der Waals surface area contributed by atoms with Crippen molar-refractivity contribution in [3.8, 4) is 0 Å². The number of hydrogen-bond acceptors (Lipinski definition) is 5. The minimum atomic E-state index is -0.861. The van der Waals surface area contributed by atoms with Crippen LogP contribution < -0.4 is 5.32 Å². The lowest BCUT2D eigenvalue weighted by molar-refractivity contribution is -0.222. The van der Waals surface area contributed by atoms with Gasteiger partial charge in [0, 0.05) is 32.7 Å². The third-order valence-electron chi connectivity index (χ3n) is 15.5. The lowest BCUT2D eigenvalue weighted by Gasteiger charge is -2.72. The molecular weight excluding hydrogens is 572 g/mol. The molecule has 256 valence electrons. The molecule has 1 aromatic rings. The maximum absolute atomic E-state index is 11.5. The Bertz CT molecular complexity index is 1290. The van der Waals surface area contributed by atoms with Crippen molar-refractivity contribution in [2.75, 3.05) is 45.9 Å². The molecule has 4 saturated carbocycles. The highest BCUT2D eigenvalue weighted by molar-refractivity contribution is 5.88. The number of nitrogens with one attached hydrogen (secondary N) is 1. The molecule has 0 bridgehead atoms. The average molecular weight is 635 g/mol. The molecule has 0 heterocycles. The second-order valence-corrected chi connectivity index (χ2v) is 17.4. The van der Waals surface area contributed by atoms with Crippen LogP contribution in [0.4, 0.5) is 0 Å². The third-order valence-corrected chi connectivity index (χ3v) is 15.5. The summed E-state index contributed by atoms with van der Waals surface area (Å²) in [5.74, 6) is 2.11. The molecule has 46 heavy (non-hydrogen) atoms. The van der Waals surface area contributed by atoms with Crippen molar-refractivity contribution in [3.05, 3.63) is 41.5 Å². The quantitative estimate of drug-likeness (QED) is 0.194. The molecule has 5 aliphatic carbocycles. The van der Waals surface area contributed by atoms with Crippen molar-refractivity contribution in [3.63, 3.8) is 0 Å². The van der Waals surface area contributed by atoms with Crippen LogP contribution >= 0.6 is 0 Å². The highest BCUT2D eigenvalue weighted by atomic mass is 16.4. The van der Waals surface area contributed by atoms with Gasteiger partial charge in [0.1, 0.15) is 0 Å². The van der Waals surface area contributed by atoms with Gasteiger partial charge < -0.3 is 20.6 Å². The standard InChI is InChI=1S/C40H62N2O4/c1-36(2)30(28-8-10-29(11-9-28)35(45)46)14-17-37(3)33(36)15-18-39(5)34(37)13-12-31-32-7-6-16-40(32,20-19-38(31,39)4)27-41-21-22-42(23-25-43)24-26-44/h8-11,14,31-34,41,43-44H,6-7,12-13,15-27H2,1-5H3,(H,45,46)/t31?,32?,33?,34?,37?,38-,39?,40?/m1/s1. The zero-order chi connectivity index (χ0) is 33.0. The molecule has 7 unspecified atom stereocenters. The third kappa shape index (κ3) is 5.33. The largest absolute Gasteiger partial charge is 0.478 e. The van der Waals surface area contributed by atoms with Gasteiger partial charge in [0.25, 0.3) is 0 Å². The first-order valence-electron chi connectivity index (χ1n) is 18.6. The van der Waals surface area contributed by atoms with Gasteiger partial charge in [0.05, 0.1) is 18.8 Å². The number of aromatic carboxylic acids is 1. The summed E-state index contributed by atoms with van der Waals surface area (Å²) in [5, 5.41) is 32.1. The molecular formula is C40H62N2O4. The van der Waals surface area contributed by atoms with Crippen molar-refractivity contribution in [2.24, 2.45) is 50.7 Å². The molecule has 0 amide bonds. The SMILES string of the molecule is CC1(C)C(c2ccc(C(=O)O)cc2)=CCC2(C)C1CCC1(C)C2CCC2C3CCCC3(CNCCN(CCO)CCO)CC[C@]21C. The number of fused-ring (bicyclic) bond motifs is 7. The molecule has 0 radical (unpaired) electrons. The Morgan fingerprint density at radius 2 is 1.54 bits per heavy atom. The minimum absolute atomic E-state index is 0.0413. The molecule has 0 aromatic heterocycles. The summed E-state index contributed by atoms with van der Waals surface area (Å²) >= 11 is 0. The van der Waals surface area contributed by atoms with E-state index in [2.05, 4.69) is 50.9 Å². The van der Waals surface area contributed by atoms with E-state index in [1.165, 1.54) is 68.9 Å². The van der Waals surface area contributed by atoms with Gasteiger partial charge in [-0.25, -0.2) is 4.79 Å². The van der Waals surface area contributed by atoms with E-state index in [0.29, 0.717) is 40.8 Å². The number of aliphatic hydroxyl groups is 2. The van der Waals surface area contributed by atoms with E-state index in [4.69, 9.17) is 0 Å².